The van der Waals surface area contributed by atoms with Crippen LogP contribution >= 0.6 is 0 Å². The summed E-state index contributed by atoms with van der Waals surface area (Å²) < 4.78 is 27.0. The summed E-state index contributed by atoms with van der Waals surface area (Å²) >= 11 is 0. The van der Waals surface area contributed by atoms with Crippen LogP contribution in [0.4, 0.5) is 11.5 Å². The number of rotatable bonds is 6. The van der Waals surface area contributed by atoms with Crippen LogP contribution in [0, 0.1) is 0 Å². The van der Waals surface area contributed by atoms with Crippen molar-refractivity contribution in [3.8, 4) is 22.5 Å². The van der Waals surface area contributed by atoms with Gasteiger partial charge in [0.1, 0.15) is 11.5 Å². The molecule has 1 saturated carbocycles. The Labute approximate surface area is 199 Å². The van der Waals surface area contributed by atoms with Crippen molar-refractivity contribution in [3.05, 3.63) is 54.2 Å². The van der Waals surface area contributed by atoms with E-state index in [4.69, 9.17) is 10.7 Å². The van der Waals surface area contributed by atoms with Crippen LogP contribution < -0.4 is 10.6 Å². The molecule has 34 heavy (non-hydrogen) atoms. The average Bonchev–Trinajstić information content (AvgIpc) is 3.62. The Kier molecular flexibility index (Phi) is 5.61. The highest BCUT2D eigenvalue weighted by Crippen LogP contribution is 2.35. The third kappa shape index (κ3) is 3.95. The molecular formula is C25H27N5O3S. The van der Waals surface area contributed by atoms with Crippen LogP contribution in [0.1, 0.15) is 31.7 Å². The lowest BCUT2D eigenvalue weighted by Gasteiger charge is -2.17. The number of carbonyl (C=O) groups is 1. The molecule has 2 heterocycles. The predicted molar refractivity (Wildman–Crippen MR) is 132 cm³/mol. The zero-order valence-electron chi connectivity index (χ0n) is 19.2. The molecule has 9 heteroatoms. The van der Waals surface area contributed by atoms with E-state index < -0.39 is 10.0 Å². The minimum absolute atomic E-state index is 0.106. The van der Waals surface area contributed by atoms with Crippen molar-refractivity contribution in [2.75, 3.05) is 24.2 Å². The SMILES string of the molecule is CCC(=O)N1CCc2cc(-c3nc(-c4ccc(S(=O)(=O)N(C)C5CC5)cc4)cnc3N)ccc21. The molecule has 2 N–H and O–H groups in total. The van der Waals surface area contributed by atoms with Gasteiger partial charge in [0.05, 0.1) is 16.8 Å². The summed E-state index contributed by atoms with van der Waals surface area (Å²) in [7, 11) is -1.87. The predicted octanol–water partition coefficient (Wildman–Crippen LogP) is 3.47. The lowest BCUT2D eigenvalue weighted by molar-refractivity contribution is -0.118. The number of anilines is 2. The first-order chi connectivity index (χ1) is 16.3. The number of nitrogens with zero attached hydrogens (tertiary/aromatic N) is 4. The summed E-state index contributed by atoms with van der Waals surface area (Å²) in [6.07, 6.45) is 4.67. The fraction of sp³-hybridized carbons (Fsp3) is 0.320. The standard InChI is InChI=1S/C25H27N5O3S/c1-3-23(31)30-13-12-17-14-18(6-11-22(17)30)24-25(26)27-15-21(28-24)16-4-9-20(10-5-16)34(32,33)29(2)19-7-8-19/h4-6,9-11,14-15,19H,3,7-8,12-13H2,1-2H3,(H2,26,27). The van der Waals surface area contributed by atoms with Crippen molar-refractivity contribution in [2.24, 2.45) is 0 Å². The molecule has 0 atom stereocenters. The van der Waals surface area contributed by atoms with Gasteiger partial charge < -0.3 is 10.6 Å². The topological polar surface area (TPSA) is 109 Å². The van der Waals surface area contributed by atoms with Gasteiger partial charge in [-0.2, -0.15) is 4.31 Å². The third-order valence-electron chi connectivity index (χ3n) is 6.54. The number of nitrogens with two attached hydrogens (primary N) is 1. The zero-order chi connectivity index (χ0) is 24.0. The molecule has 0 unspecified atom stereocenters. The summed E-state index contributed by atoms with van der Waals surface area (Å²) in [5, 5.41) is 0. The maximum atomic E-state index is 12.8. The molecular weight excluding hydrogens is 450 g/mol. The molecule has 0 spiro atoms. The van der Waals surface area contributed by atoms with Crippen LogP contribution in [0.15, 0.2) is 53.6 Å². The second-order valence-electron chi connectivity index (χ2n) is 8.76. The number of sulfonamides is 1. The monoisotopic (exact) mass is 477 g/mol. The Bertz CT molecular complexity index is 1370. The number of amides is 1. The van der Waals surface area contributed by atoms with Gasteiger partial charge >= 0.3 is 0 Å². The minimum Gasteiger partial charge on any atom is -0.382 e. The van der Waals surface area contributed by atoms with Crippen LogP contribution in [0.25, 0.3) is 22.5 Å². The van der Waals surface area contributed by atoms with Gasteiger partial charge in [0.15, 0.2) is 0 Å². The van der Waals surface area contributed by atoms with E-state index in [-0.39, 0.29) is 16.8 Å². The lowest BCUT2D eigenvalue weighted by atomic mass is 10.0. The van der Waals surface area contributed by atoms with Gasteiger partial charge in [-0.3, -0.25) is 4.79 Å². The largest absolute Gasteiger partial charge is 0.382 e. The van der Waals surface area contributed by atoms with Gasteiger partial charge in [-0.05, 0) is 49.1 Å². The Hall–Kier alpha value is -3.30. The maximum absolute atomic E-state index is 12.8. The molecule has 2 aromatic carbocycles. The summed E-state index contributed by atoms with van der Waals surface area (Å²) in [5.41, 5.74) is 10.9. The molecule has 1 aliphatic carbocycles. The third-order valence-corrected chi connectivity index (χ3v) is 8.47. The molecule has 1 aromatic heterocycles. The van der Waals surface area contributed by atoms with E-state index >= 15 is 0 Å². The molecule has 0 bridgehead atoms. The van der Waals surface area contributed by atoms with E-state index in [0.29, 0.717) is 30.2 Å². The molecule has 3 aromatic rings. The van der Waals surface area contributed by atoms with E-state index in [0.717, 1.165) is 41.6 Å². The van der Waals surface area contributed by atoms with Crippen LogP contribution in [-0.4, -0.2) is 48.2 Å². The summed E-state index contributed by atoms with van der Waals surface area (Å²) in [4.78, 5) is 23.4. The molecule has 1 aliphatic heterocycles. The number of carbonyl (C=O) groups excluding carboxylic acids is 1. The number of hydrogen-bond donors (Lipinski definition) is 1. The van der Waals surface area contributed by atoms with Gasteiger partial charge in [-0.1, -0.05) is 25.1 Å². The number of fused-ring (bicyclic) bond motifs is 1. The van der Waals surface area contributed by atoms with Gasteiger partial charge in [-0.15, -0.1) is 0 Å². The van der Waals surface area contributed by atoms with Gasteiger partial charge in [0, 0.05) is 42.9 Å². The molecule has 0 radical (unpaired) electrons. The van der Waals surface area contributed by atoms with Crippen LogP contribution in [0.3, 0.4) is 0 Å². The second-order valence-corrected chi connectivity index (χ2v) is 10.8. The normalized spacial score (nSPS) is 15.6. The summed E-state index contributed by atoms with van der Waals surface area (Å²) in [6, 6.07) is 12.7. The maximum Gasteiger partial charge on any atom is 0.243 e. The summed E-state index contributed by atoms with van der Waals surface area (Å²) in [5.74, 6) is 0.426. The molecule has 2 aliphatic rings. The van der Waals surface area contributed by atoms with Crippen molar-refractivity contribution < 1.29 is 13.2 Å². The number of aromatic nitrogens is 2. The van der Waals surface area contributed by atoms with Crippen LogP contribution in [-0.2, 0) is 21.2 Å². The van der Waals surface area contributed by atoms with Crippen molar-refractivity contribution in [1.82, 2.24) is 14.3 Å². The van der Waals surface area contributed by atoms with Crippen LogP contribution in [0.5, 0.6) is 0 Å². The lowest BCUT2D eigenvalue weighted by Crippen LogP contribution is -2.28. The number of nitrogen functional groups attached to an aromatic ring is 1. The highest BCUT2D eigenvalue weighted by atomic mass is 32.2. The Morgan fingerprint density at radius 3 is 2.53 bits per heavy atom. The summed E-state index contributed by atoms with van der Waals surface area (Å²) in [6.45, 7) is 2.54. The minimum atomic E-state index is -3.50. The first-order valence-corrected chi connectivity index (χ1v) is 12.9. The quantitative estimate of drug-likeness (QED) is 0.582. The molecule has 0 saturated heterocycles. The highest BCUT2D eigenvalue weighted by molar-refractivity contribution is 7.89. The smallest absolute Gasteiger partial charge is 0.243 e. The first-order valence-electron chi connectivity index (χ1n) is 11.4. The van der Waals surface area contributed by atoms with Gasteiger partial charge in [-0.25, -0.2) is 18.4 Å². The first kappa shape index (κ1) is 22.5. The second kappa shape index (κ2) is 8.48. The van der Waals surface area contributed by atoms with E-state index in [1.54, 1.807) is 37.5 Å². The molecule has 1 amide bonds. The van der Waals surface area contributed by atoms with Gasteiger partial charge in [0.25, 0.3) is 0 Å². The Morgan fingerprint density at radius 1 is 1.15 bits per heavy atom. The fourth-order valence-electron chi connectivity index (χ4n) is 4.35. The van der Waals surface area contributed by atoms with Gasteiger partial charge in [0.2, 0.25) is 15.9 Å². The molecule has 176 valence electrons. The van der Waals surface area contributed by atoms with E-state index in [2.05, 4.69) is 4.98 Å². The molecule has 5 rings (SSSR count). The highest BCUT2D eigenvalue weighted by Gasteiger charge is 2.35. The van der Waals surface area contributed by atoms with E-state index in [1.807, 2.05) is 30.0 Å². The van der Waals surface area contributed by atoms with Crippen molar-refractivity contribution in [3.63, 3.8) is 0 Å². The number of hydrogen-bond acceptors (Lipinski definition) is 6. The fourth-order valence-corrected chi connectivity index (χ4v) is 5.76. The zero-order valence-corrected chi connectivity index (χ0v) is 20.0. The van der Waals surface area contributed by atoms with Crippen molar-refractivity contribution >= 4 is 27.4 Å². The van der Waals surface area contributed by atoms with Crippen molar-refractivity contribution in [1.29, 1.82) is 0 Å². The Balaban J connectivity index is 1.44. The molecule has 8 nitrogen and oxygen atoms in total. The van der Waals surface area contributed by atoms with E-state index in [9.17, 15) is 13.2 Å². The number of benzene rings is 2. The van der Waals surface area contributed by atoms with Crippen molar-refractivity contribution in [2.45, 2.75) is 43.5 Å². The molecule has 1 fully saturated rings. The van der Waals surface area contributed by atoms with Crippen LogP contribution in [0.2, 0.25) is 0 Å². The Morgan fingerprint density at radius 2 is 1.85 bits per heavy atom. The average molecular weight is 478 g/mol. The van der Waals surface area contributed by atoms with E-state index in [1.165, 1.54) is 4.31 Å².